The molecule has 1 N–H and O–H groups in total. The maximum absolute atomic E-state index is 13.0. The fourth-order valence-corrected chi connectivity index (χ4v) is 4.86. The third-order valence-electron chi connectivity index (χ3n) is 3.66. The molecular formula is C16H15NO4S2. The number of nitrogens with zero attached hydrogens (tertiary/aromatic N) is 1. The van der Waals surface area contributed by atoms with Crippen molar-refractivity contribution in [2.75, 3.05) is 0 Å². The molecule has 0 radical (unpaired) electrons. The predicted octanol–water partition coefficient (Wildman–Crippen LogP) is 3.02. The third-order valence-corrected chi connectivity index (χ3v) is 6.18. The fraction of sp³-hybridized carbons (Fsp3) is 0.125. The Hall–Kier alpha value is -1.96. The number of aryl methyl sites for hydroxylation is 1. The van der Waals surface area contributed by atoms with Gasteiger partial charge < -0.3 is 4.55 Å². The molecule has 1 aromatic heterocycles. The topological polar surface area (TPSA) is 76.4 Å². The Bertz CT molecular complexity index is 992. The summed E-state index contributed by atoms with van der Waals surface area (Å²) >= 11 is -2.42. The number of aromatic nitrogens is 1. The van der Waals surface area contributed by atoms with Crippen LogP contribution in [0.5, 0.6) is 0 Å². The van der Waals surface area contributed by atoms with E-state index in [1.165, 1.54) is 18.2 Å². The van der Waals surface area contributed by atoms with E-state index in [1.807, 2.05) is 13.0 Å². The summed E-state index contributed by atoms with van der Waals surface area (Å²) < 4.78 is 48.0. The summed E-state index contributed by atoms with van der Waals surface area (Å²) in [7, 11) is -3.96. The van der Waals surface area contributed by atoms with Crippen molar-refractivity contribution in [1.82, 2.24) is 3.97 Å². The molecule has 1 heterocycles. The Labute approximate surface area is 136 Å². The van der Waals surface area contributed by atoms with Crippen molar-refractivity contribution in [2.24, 2.45) is 0 Å². The molecule has 0 aliphatic rings. The largest absolute Gasteiger partial charge is 0.301 e. The highest BCUT2D eigenvalue weighted by Gasteiger charge is 2.25. The van der Waals surface area contributed by atoms with E-state index < -0.39 is 21.1 Å². The molecule has 0 bridgehead atoms. The van der Waals surface area contributed by atoms with Crippen LogP contribution in [0.2, 0.25) is 0 Å². The second-order valence-corrected chi connectivity index (χ2v) is 7.76. The van der Waals surface area contributed by atoms with E-state index in [0.717, 1.165) is 16.0 Å². The zero-order chi connectivity index (χ0) is 16.6. The van der Waals surface area contributed by atoms with Gasteiger partial charge in [-0.15, -0.1) is 0 Å². The maximum atomic E-state index is 13.0. The first-order valence-electron chi connectivity index (χ1n) is 7.01. The molecule has 1 atom stereocenters. The zero-order valence-electron chi connectivity index (χ0n) is 12.3. The lowest BCUT2D eigenvalue weighted by atomic mass is 10.1. The molecule has 23 heavy (non-hydrogen) atoms. The highest BCUT2D eigenvalue weighted by atomic mass is 32.2. The highest BCUT2D eigenvalue weighted by molar-refractivity contribution is 7.90. The van der Waals surface area contributed by atoms with Crippen LogP contribution >= 0.6 is 0 Å². The van der Waals surface area contributed by atoms with Crippen LogP contribution in [0.3, 0.4) is 0 Å². The number of hydrogen-bond acceptors (Lipinski definition) is 3. The molecule has 0 fully saturated rings. The van der Waals surface area contributed by atoms with Crippen LogP contribution in [0.25, 0.3) is 10.9 Å². The number of hydrogen-bond donors (Lipinski definition) is 1. The summed E-state index contributed by atoms with van der Waals surface area (Å²) in [6, 6.07) is 14.7. The second kappa shape index (κ2) is 5.92. The standard InChI is InChI=1S/C16H15NO4S2/c1-2-12-8-9-13-11-16(22(18)19)17(15(13)10-12)23(20,21)14-6-4-3-5-7-14/h3-11H,2H2,1H3,(H,18,19). The zero-order valence-corrected chi connectivity index (χ0v) is 14.0. The molecule has 1 unspecified atom stereocenters. The molecule has 0 spiro atoms. The minimum atomic E-state index is -3.96. The Morgan fingerprint density at radius 2 is 1.78 bits per heavy atom. The minimum Gasteiger partial charge on any atom is -0.301 e. The van der Waals surface area contributed by atoms with Crippen LogP contribution in [0.1, 0.15) is 12.5 Å². The Morgan fingerprint density at radius 1 is 1.09 bits per heavy atom. The van der Waals surface area contributed by atoms with Crippen molar-refractivity contribution in [3.05, 3.63) is 60.2 Å². The molecule has 0 aliphatic heterocycles. The van der Waals surface area contributed by atoms with E-state index in [0.29, 0.717) is 10.9 Å². The SMILES string of the molecule is CCc1ccc2cc(S(=O)O)n(S(=O)(=O)c3ccccc3)c2c1. The lowest BCUT2D eigenvalue weighted by Gasteiger charge is -2.10. The Kier molecular flexibility index (Phi) is 4.09. The lowest BCUT2D eigenvalue weighted by molar-refractivity contribution is 0.553. The highest BCUT2D eigenvalue weighted by Crippen LogP contribution is 2.28. The number of rotatable bonds is 4. The van der Waals surface area contributed by atoms with Crippen LogP contribution in [0, 0.1) is 0 Å². The van der Waals surface area contributed by atoms with Crippen molar-refractivity contribution >= 4 is 32.0 Å². The molecule has 2 aromatic carbocycles. The van der Waals surface area contributed by atoms with Gasteiger partial charge in [-0.3, -0.25) is 0 Å². The van der Waals surface area contributed by atoms with Gasteiger partial charge in [0.25, 0.3) is 10.0 Å². The van der Waals surface area contributed by atoms with Gasteiger partial charge in [0.15, 0.2) is 0 Å². The van der Waals surface area contributed by atoms with Crippen LogP contribution in [0.4, 0.5) is 0 Å². The molecular weight excluding hydrogens is 334 g/mol. The van der Waals surface area contributed by atoms with Crippen LogP contribution in [-0.4, -0.2) is 21.2 Å². The molecule has 5 nitrogen and oxygen atoms in total. The first-order valence-corrected chi connectivity index (χ1v) is 9.55. The van der Waals surface area contributed by atoms with Crippen molar-refractivity contribution in [1.29, 1.82) is 0 Å². The Balaban J connectivity index is 2.39. The van der Waals surface area contributed by atoms with Crippen molar-refractivity contribution in [3.63, 3.8) is 0 Å². The molecule has 0 saturated carbocycles. The summed E-state index contributed by atoms with van der Waals surface area (Å²) in [5.41, 5.74) is 1.36. The van der Waals surface area contributed by atoms with Gasteiger partial charge in [0.1, 0.15) is 5.03 Å². The molecule has 0 saturated heterocycles. The molecule has 0 aliphatic carbocycles. The van der Waals surface area contributed by atoms with Crippen LogP contribution in [-0.2, 0) is 27.5 Å². The smallest absolute Gasteiger partial charge is 0.269 e. The monoisotopic (exact) mass is 349 g/mol. The number of benzene rings is 2. The maximum Gasteiger partial charge on any atom is 0.269 e. The second-order valence-electron chi connectivity index (χ2n) is 5.06. The van der Waals surface area contributed by atoms with Gasteiger partial charge in [-0.2, -0.15) is 0 Å². The summed E-state index contributed by atoms with van der Waals surface area (Å²) in [6.07, 6.45) is 0.740. The average molecular weight is 349 g/mol. The summed E-state index contributed by atoms with van der Waals surface area (Å²) in [5, 5.41) is 0.455. The first-order chi connectivity index (χ1) is 10.9. The molecule has 120 valence electrons. The average Bonchev–Trinajstić information content (AvgIpc) is 2.95. The first kappa shape index (κ1) is 15.9. The molecule has 0 amide bonds. The molecule has 7 heteroatoms. The minimum absolute atomic E-state index is 0.0751. The molecule has 3 rings (SSSR count). The van der Waals surface area contributed by atoms with Crippen LogP contribution < -0.4 is 0 Å². The fourth-order valence-electron chi connectivity index (χ4n) is 2.48. The van der Waals surface area contributed by atoms with Gasteiger partial charge in [0.2, 0.25) is 11.1 Å². The van der Waals surface area contributed by atoms with E-state index in [9.17, 15) is 17.2 Å². The molecule has 3 aromatic rings. The van der Waals surface area contributed by atoms with Crippen molar-refractivity contribution in [3.8, 4) is 0 Å². The van der Waals surface area contributed by atoms with Gasteiger partial charge in [0.05, 0.1) is 10.4 Å². The van der Waals surface area contributed by atoms with Gasteiger partial charge in [-0.05, 0) is 36.2 Å². The third kappa shape index (κ3) is 2.71. The van der Waals surface area contributed by atoms with Gasteiger partial charge in [-0.25, -0.2) is 16.6 Å². The Morgan fingerprint density at radius 3 is 2.39 bits per heavy atom. The van der Waals surface area contributed by atoms with Gasteiger partial charge in [0, 0.05) is 5.39 Å². The summed E-state index contributed by atoms with van der Waals surface area (Å²) in [4.78, 5) is 0.0751. The normalized spacial score (nSPS) is 13.3. The van der Waals surface area contributed by atoms with E-state index in [2.05, 4.69) is 0 Å². The summed E-state index contributed by atoms with van der Waals surface area (Å²) in [5.74, 6) is 0. The van der Waals surface area contributed by atoms with Crippen LogP contribution in [0.15, 0.2) is 64.5 Å². The van der Waals surface area contributed by atoms with Crippen molar-refractivity contribution < 1.29 is 17.2 Å². The lowest BCUT2D eigenvalue weighted by Crippen LogP contribution is -2.16. The number of fused-ring (bicyclic) bond motifs is 1. The quantitative estimate of drug-likeness (QED) is 0.735. The van der Waals surface area contributed by atoms with Gasteiger partial charge >= 0.3 is 0 Å². The van der Waals surface area contributed by atoms with E-state index in [4.69, 9.17) is 0 Å². The summed E-state index contributed by atoms with van der Waals surface area (Å²) in [6.45, 7) is 1.96. The van der Waals surface area contributed by atoms with Crippen molar-refractivity contribution in [2.45, 2.75) is 23.3 Å². The van der Waals surface area contributed by atoms with E-state index >= 15 is 0 Å². The van der Waals surface area contributed by atoms with E-state index in [-0.39, 0.29) is 9.92 Å². The van der Waals surface area contributed by atoms with Gasteiger partial charge in [-0.1, -0.05) is 37.3 Å². The predicted molar refractivity (Wildman–Crippen MR) is 89.4 cm³/mol. The van der Waals surface area contributed by atoms with E-state index in [1.54, 1.807) is 30.3 Å².